The lowest BCUT2D eigenvalue weighted by Gasteiger charge is -2.06. The average molecular weight is 226 g/mol. The summed E-state index contributed by atoms with van der Waals surface area (Å²) >= 11 is 0. The maximum atomic E-state index is 11.6. The zero-order valence-electron chi connectivity index (χ0n) is 9.01. The second-order valence-electron chi connectivity index (χ2n) is 3.94. The van der Waals surface area contributed by atoms with Crippen molar-refractivity contribution in [3.8, 4) is 22.6 Å². The average Bonchev–Trinajstić information content (AvgIpc) is 2.70. The van der Waals surface area contributed by atoms with E-state index in [1.54, 1.807) is 6.07 Å². The number of benzene rings is 2. The summed E-state index contributed by atoms with van der Waals surface area (Å²) in [5, 5.41) is 9.92. The monoisotopic (exact) mass is 226 g/mol. The number of hydrogen-bond acceptors (Lipinski definition) is 3. The van der Waals surface area contributed by atoms with Gasteiger partial charge in [-0.3, -0.25) is 4.79 Å². The number of ether oxygens (including phenoxy) is 1. The number of fused-ring (bicyclic) bond motifs is 1. The molecular formula is C14H10O3. The van der Waals surface area contributed by atoms with Gasteiger partial charge in [0.1, 0.15) is 11.5 Å². The number of rotatable bonds is 1. The number of Topliss-reactive ketones (excluding diaryl/α,β-unsaturated/α-hetero) is 1. The third kappa shape index (κ3) is 1.56. The lowest BCUT2D eigenvalue weighted by molar-refractivity contribution is 0.0961. The Labute approximate surface area is 98.3 Å². The van der Waals surface area contributed by atoms with Crippen LogP contribution >= 0.6 is 0 Å². The maximum absolute atomic E-state index is 11.6. The molecule has 0 saturated heterocycles. The highest BCUT2D eigenvalue weighted by molar-refractivity contribution is 6.03. The third-order valence-electron chi connectivity index (χ3n) is 2.84. The number of carbonyl (C=O) groups excluding carboxylic acids is 1. The van der Waals surface area contributed by atoms with Gasteiger partial charge in [0.2, 0.25) is 5.78 Å². The fourth-order valence-electron chi connectivity index (χ4n) is 1.98. The summed E-state index contributed by atoms with van der Waals surface area (Å²) in [5.74, 6) is 0.550. The van der Waals surface area contributed by atoms with E-state index < -0.39 is 0 Å². The minimum absolute atomic E-state index is 0.0443. The molecular weight excluding hydrogens is 216 g/mol. The molecule has 1 aliphatic heterocycles. The fraction of sp³-hybridized carbons (Fsp3) is 0.0714. The Morgan fingerprint density at radius 2 is 1.82 bits per heavy atom. The van der Waals surface area contributed by atoms with E-state index in [1.165, 1.54) is 6.07 Å². The SMILES string of the molecule is O=C1COc2cc(O)c(-c3ccccc3)cc21. The number of phenols is 1. The molecule has 17 heavy (non-hydrogen) atoms. The van der Waals surface area contributed by atoms with E-state index >= 15 is 0 Å². The van der Waals surface area contributed by atoms with Crippen LogP contribution in [0.4, 0.5) is 0 Å². The van der Waals surface area contributed by atoms with Gasteiger partial charge >= 0.3 is 0 Å². The molecule has 3 nitrogen and oxygen atoms in total. The molecule has 3 heteroatoms. The lowest BCUT2D eigenvalue weighted by atomic mass is 10.0. The molecule has 2 aromatic rings. The summed E-state index contributed by atoms with van der Waals surface area (Å²) in [7, 11) is 0. The van der Waals surface area contributed by atoms with E-state index in [0.29, 0.717) is 16.9 Å². The fourth-order valence-corrected chi connectivity index (χ4v) is 1.98. The van der Waals surface area contributed by atoms with Crippen molar-refractivity contribution >= 4 is 5.78 Å². The van der Waals surface area contributed by atoms with Gasteiger partial charge in [-0.25, -0.2) is 0 Å². The smallest absolute Gasteiger partial charge is 0.203 e. The van der Waals surface area contributed by atoms with Crippen LogP contribution in [-0.2, 0) is 0 Å². The second kappa shape index (κ2) is 3.63. The Morgan fingerprint density at radius 3 is 2.59 bits per heavy atom. The minimum Gasteiger partial charge on any atom is -0.507 e. The van der Waals surface area contributed by atoms with E-state index in [2.05, 4.69) is 0 Å². The molecule has 0 aromatic heterocycles. The molecule has 0 unspecified atom stereocenters. The molecule has 0 atom stereocenters. The largest absolute Gasteiger partial charge is 0.507 e. The maximum Gasteiger partial charge on any atom is 0.203 e. The van der Waals surface area contributed by atoms with Crippen molar-refractivity contribution in [3.05, 3.63) is 48.0 Å². The first kappa shape index (κ1) is 9.90. The topological polar surface area (TPSA) is 46.5 Å². The predicted molar refractivity (Wildman–Crippen MR) is 63.4 cm³/mol. The molecule has 0 saturated carbocycles. The molecule has 1 aliphatic rings. The molecule has 0 radical (unpaired) electrons. The van der Waals surface area contributed by atoms with Crippen molar-refractivity contribution in [2.24, 2.45) is 0 Å². The van der Waals surface area contributed by atoms with Gasteiger partial charge in [0.05, 0.1) is 5.56 Å². The highest BCUT2D eigenvalue weighted by Gasteiger charge is 2.23. The van der Waals surface area contributed by atoms with Crippen LogP contribution < -0.4 is 4.74 Å². The molecule has 3 rings (SSSR count). The summed E-state index contributed by atoms with van der Waals surface area (Å²) in [4.78, 5) is 11.6. The summed E-state index contributed by atoms with van der Waals surface area (Å²) < 4.78 is 5.17. The van der Waals surface area contributed by atoms with Crippen molar-refractivity contribution < 1.29 is 14.6 Å². The Balaban J connectivity index is 2.19. The zero-order valence-corrected chi connectivity index (χ0v) is 9.01. The summed E-state index contributed by atoms with van der Waals surface area (Å²) in [6.07, 6.45) is 0. The molecule has 2 aromatic carbocycles. The van der Waals surface area contributed by atoms with Crippen LogP contribution in [0.15, 0.2) is 42.5 Å². The number of phenolic OH excluding ortho intramolecular Hbond substituents is 1. The minimum atomic E-state index is -0.0443. The highest BCUT2D eigenvalue weighted by Crippen LogP contribution is 2.37. The van der Waals surface area contributed by atoms with Gasteiger partial charge < -0.3 is 9.84 Å². The van der Waals surface area contributed by atoms with Gasteiger partial charge in [0.15, 0.2) is 6.61 Å². The molecule has 0 spiro atoms. The number of carbonyl (C=O) groups is 1. The summed E-state index contributed by atoms with van der Waals surface area (Å²) in [6.45, 7) is 0.0625. The Morgan fingerprint density at radius 1 is 1.06 bits per heavy atom. The zero-order chi connectivity index (χ0) is 11.8. The van der Waals surface area contributed by atoms with Crippen LogP contribution in [0.5, 0.6) is 11.5 Å². The van der Waals surface area contributed by atoms with Gasteiger partial charge in [-0.1, -0.05) is 30.3 Å². The van der Waals surface area contributed by atoms with Crippen LogP contribution in [0.2, 0.25) is 0 Å². The van der Waals surface area contributed by atoms with Gasteiger partial charge in [-0.15, -0.1) is 0 Å². The molecule has 1 heterocycles. The van der Waals surface area contributed by atoms with Crippen LogP contribution in [0, 0.1) is 0 Å². The van der Waals surface area contributed by atoms with Crippen molar-refractivity contribution in [2.75, 3.05) is 6.61 Å². The van der Waals surface area contributed by atoms with Crippen LogP contribution in [0.1, 0.15) is 10.4 Å². The molecule has 84 valence electrons. The van der Waals surface area contributed by atoms with Crippen LogP contribution in [-0.4, -0.2) is 17.5 Å². The first-order valence-electron chi connectivity index (χ1n) is 5.34. The van der Waals surface area contributed by atoms with Gasteiger partial charge in [0, 0.05) is 11.6 Å². The number of ketones is 1. The third-order valence-corrected chi connectivity index (χ3v) is 2.84. The van der Waals surface area contributed by atoms with Gasteiger partial charge in [-0.2, -0.15) is 0 Å². The normalized spacial score (nSPS) is 13.3. The molecule has 0 aliphatic carbocycles. The van der Waals surface area contributed by atoms with E-state index in [9.17, 15) is 9.90 Å². The summed E-state index contributed by atoms with van der Waals surface area (Å²) in [5.41, 5.74) is 2.08. The Kier molecular flexibility index (Phi) is 2.11. The van der Waals surface area contributed by atoms with E-state index in [0.717, 1.165) is 5.56 Å². The molecule has 0 fully saturated rings. The quantitative estimate of drug-likeness (QED) is 0.813. The van der Waals surface area contributed by atoms with Gasteiger partial charge in [0.25, 0.3) is 0 Å². The van der Waals surface area contributed by atoms with E-state index in [1.807, 2.05) is 30.3 Å². The van der Waals surface area contributed by atoms with E-state index in [-0.39, 0.29) is 18.1 Å². The Bertz CT molecular complexity index is 588. The van der Waals surface area contributed by atoms with Crippen LogP contribution in [0.3, 0.4) is 0 Å². The van der Waals surface area contributed by atoms with Crippen molar-refractivity contribution in [1.29, 1.82) is 0 Å². The standard InChI is InChI=1S/C14H10O3/c15-12-7-14-11(13(16)8-17-14)6-10(12)9-4-2-1-3-5-9/h1-7,15H,8H2. The molecule has 0 bridgehead atoms. The predicted octanol–water partition coefficient (Wildman–Crippen LogP) is 2.63. The lowest BCUT2D eigenvalue weighted by Crippen LogP contribution is -1.98. The van der Waals surface area contributed by atoms with Crippen molar-refractivity contribution in [2.45, 2.75) is 0 Å². The molecule has 1 N–H and O–H groups in total. The molecule has 0 amide bonds. The van der Waals surface area contributed by atoms with Gasteiger partial charge in [-0.05, 0) is 11.6 Å². The van der Waals surface area contributed by atoms with Crippen molar-refractivity contribution in [1.82, 2.24) is 0 Å². The first-order chi connectivity index (χ1) is 8.25. The summed E-state index contributed by atoms with van der Waals surface area (Å²) in [6, 6.07) is 12.7. The number of aromatic hydroxyl groups is 1. The van der Waals surface area contributed by atoms with Crippen LogP contribution in [0.25, 0.3) is 11.1 Å². The van der Waals surface area contributed by atoms with Crippen molar-refractivity contribution in [3.63, 3.8) is 0 Å². The second-order valence-corrected chi connectivity index (χ2v) is 3.94. The highest BCUT2D eigenvalue weighted by atomic mass is 16.5. The Hall–Kier alpha value is -2.29. The van der Waals surface area contributed by atoms with E-state index in [4.69, 9.17) is 4.74 Å². The first-order valence-corrected chi connectivity index (χ1v) is 5.34. The number of hydrogen-bond donors (Lipinski definition) is 1.